The Balaban J connectivity index is 2.07. The number of nitro groups is 1. The minimum atomic E-state index is -0.604. The summed E-state index contributed by atoms with van der Waals surface area (Å²) in [5.41, 5.74) is 0.210. The Morgan fingerprint density at radius 2 is 2.22 bits per heavy atom. The maximum absolute atomic E-state index is 13.2. The van der Waals surface area contributed by atoms with E-state index in [2.05, 4.69) is 5.32 Å². The second-order valence-electron chi connectivity index (χ2n) is 4.47. The van der Waals surface area contributed by atoms with Crippen molar-refractivity contribution in [3.8, 4) is 0 Å². The maximum Gasteiger partial charge on any atom is 0.274 e. The van der Waals surface area contributed by atoms with Crippen LogP contribution in [0.2, 0.25) is 0 Å². The van der Waals surface area contributed by atoms with Crippen LogP contribution in [0, 0.1) is 15.9 Å². The van der Waals surface area contributed by atoms with Crippen LogP contribution in [0.25, 0.3) is 0 Å². The highest BCUT2D eigenvalue weighted by molar-refractivity contribution is 5.52. The molecule has 0 saturated heterocycles. The third-order valence-corrected chi connectivity index (χ3v) is 3.18. The van der Waals surface area contributed by atoms with Crippen molar-refractivity contribution in [2.45, 2.75) is 31.4 Å². The van der Waals surface area contributed by atoms with E-state index in [0.717, 1.165) is 25.3 Å². The number of methoxy groups -OCH3 is 1. The van der Waals surface area contributed by atoms with Crippen molar-refractivity contribution in [3.05, 3.63) is 34.1 Å². The van der Waals surface area contributed by atoms with E-state index in [1.165, 1.54) is 12.1 Å². The van der Waals surface area contributed by atoms with Gasteiger partial charge in [0.25, 0.3) is 5.69 Å². The van der Waals surface area contributed by atoms with Crippen LogP contribution in [-0.4, -0.2) is 24.2 Å². The summed E-state index contributed by atoms with van der Waals surface area (Å²) in [6.45, 7) is 0. The first-order valence-corrected chi connectivity index (χ1v) is 5.83. The number of nitro benzene ring substituents is 1. The van der Waals surface area contributed by atoms with Crippen molar-refractivity contribution in [1.82, 2.24) is 0 Å². The highest BCUT2D eigenvalue weighted by Gasteiger charge is 2.24. The number of hydrogen-bond acceptors (Lipinski definition) is 4. The van der Waals surface area contributed by atoms with Crippen LogP contribution in [0.1, 0.15) is 19.3 Å². The van der Waals surface area contributed by atoms with Crippen molar-refractivity contribution in [2.24, 2.45) is 0 Å². The molecule has 1 aliphatic rings. The second kappa shape index (κ2) is 5.30. The second-order valence-corrected chi connectivity index (χ2v) is 4.47. The number of hydrogen-bond donors (Lipinski definition) is 1. The molecule has 2 rings (SSSR count). The largest absolute Gasteiger partial charge is 0.382 e. The van der Waals surface area contributed by atoms with Crippen molar-refractivity contribution < 1.29 is 14.1 Å². The molecule has 18 heavy (non-hydrogen) atoms. The molecule has 1 fully saturated rings. The van der Waals surface area contributed by atoms with Gasteiger partial charge in [0.1, 0.15) is 5.82 Å². The summed E-state index contributed by atoms with van der Waals surface area (Å²) in [5.74, 6) is -0.604. The number of benzene rings is 1. The molecule has 1 aromatic carbocycles. The minimum Gasteiger partial charge on any atom is -0.382 e. The molecule has 0 heterocycles. The molecule has 1 saturated carbocycles. The van der Waals surface area contributed by atoms with Crippen molar-refractivity contribution >= 4 is 11.4 Å². The molecule has 1 aromatic rings. The van der Waals surface area contributed by atoms with E-state index in [1.54, 1.807) is 7.11 Å². The van der Waals surface area contributed by atoms with Crippen molar-refractivity contribution in [1.29, 1.82) is 0 Å². The van der Waals surface area contributed by atoms with Gasteiger partial charge in [-0.3, -0.25) is 10.1 Å². The van der Waals surface area contributed by atoms with Gasteiger partial charge in [-0.05, 0) is 25.3 Å². The molecule has 0 amide bonds. The lowest BCUT2D eigenvalue weighted by molar-refractivity contribution is -0.385. The normalized spacial score (nSPS) is 23.0. The summed E-state index contributed by atoms with van der Waals surface area (Å²) in [5, 5.41) is 13.7. The van der Waals surface area contributed by atoms with Crippen molar-refractivity contribution in [3.63, 3.8) is 0 Å². The Bertz CT molecular complexity index is 453. The Hall–Kier alpha value is -1.69. The van der Waals surface area contributed by atoms with Gasteiger partial charge in [-0.15, -0.1) is 0 Å². The first-order valence-electron chi connectivity index (χ1n) is 5.83. The van der Waals surface area contributed by atoms with Gasteiger partial charge in [-0.25, -0.2) is 4.39 Å². The number of nitrogens with one attached hydrogen (secondary N) is 1. The number of anilines is 1. The van der Waals surface area contributed by atoms with E-state index < -0.39 is 10.7 Å². The van der Waals surface area contributed by atoms with Gasteiger partial charge in [0.2, 0.25) is 0 Å². The average molecular weight is 254 g/mol. The third-order valence-electron chi connectivity index (χ3n) is 3.18. The van der Waals surface area contributed by atoms with Crippen LogP contribution >= 0.6 is 0 Å². The third kappa shape index (κ3) is 2.95. The monoisotopic (exact) mass is 254 g/mol. The Morgan fingerprint density at radius 3 is 2.83 bits per heavy atom. The van der Waals surface area contributed by atoms with Gasteiger partial charge >= 0.3 is 0 Å². The summed E-state index contributed by atoms with van der Waals surface area (Å²) in [4.78, 5) is 10.0. The van der Waals surface area contributed by atoms with Crippen LogP contribution in [0.4, 0.5) is 15.8 Å². The van der Waals surface area contributed by atoms with Gasteiger partial charge in [0.05, 0.1) is 17.1 Å². The van der Waals surface area contributed by atoms with Gasteiger partial charge in [-0.1, -0.05) is 0 Å². The molecule has 2 atom stereocenters. The number of rotatable bonds is 4. The zero-order chi connectivity index (χ0) is 13.1. The topological polar surface area (TPSA) is 64.4 Å². The highest BCUT2D eigenvalue weighted by atomic mass is 19.1. The van der Waals surface area contributed by atoms with E-state index >= 15 is 0 Å². The molecular weight excluding hydrogens is 239 g/mol. The number of nitrogens with zero attached hydrogens (tertiary/aromatic N) is 1. The summed E-state index contributed by atoms with van der Waals surface area (Å²) >= 11 is 0. The van der Waals surface area contributed by atoms with Crippen LogP contribution in [0.15, 0.2) is 18.2 Å². The zero-order valence-corrected chi connectivity index (χ0v) is 10.1. The number of ether oxygens (including phenoxy) is 1. The predicted molar refractivity (Wildman–Crippen MR) is 65.1 cm³/mol. The maximum atomic E-state index is 13.2. The first-order chi connectivity index (χ1) is 8.58. The van der Waals surface area contributed by atoms with Crippen LogP contribution < -0.4 is 5.32 Å². The molecule has 6 heteroatoms. The highest BCUT2D eigenvalue weighted by Crippen LogP contribution is 2.27. The van der Waals surface area contributed by atoms with Crippen molar-refractivity contribution in [2.75, 3.05) is 12.4 Å². The van der Waals surface area contributed by atoms with Crippen LogP contribution in [-0.2, 0) is 4.74 Å². The SMILES string of the molecule is COC1CCC(Nc2cc(F)cc([N+](=O)[O-])c2)C1. The number of non-ortho nitro benzene ring substituents is 1. The Labute approximate surface area is 104 Å². The van der Waals surface area contributed by atoms with E-state index in [9.17, 15) is 14.5 Å². The predicted octanol–water partition coefficient (Wildman–Crippen LogP) is 2.71. The Kier molecular flexibility index (Phi) is 3.76. The summed E-state index contributed by atoms with van der Waals surface area (Å²) < 4.78 is 18.5. The lowest BCUT2D eigenvalue weighted by Crippen LogP contribution is -2.17. The Morgan fingerprint density at radius 1 is 1.44 bits per heavy atom. The fraction of sp³-hybridized carbons (Fsp3) is 0.500. The lowest BCUT2D eigenvalue weighted by atomic mass is 10.2. The van der Waals surface area contributed by atoms with Crippen LogP contribution in [0.3, 0.4) is 0 Å². The molecule has 0 bridgehead atoms. The molecule has 0 radical (unpaired) electrons. The fourth-order valence-electron chi connectivity index (χ4n) is 2.28. The summed E-state index contributed by atoms with van der Waals surface area (Å²) in [6.07, 6.45) is 2.92. The summed E-state index contributed by atoms with van der Waals surface area (Å²) in [6, 6.07) is 3.71. The summed E-state index contributed by atoms with van der Waals surface area (Å²) in [7, 11) is 1.67. The molecule has 1 N–H and O–H groups in total. The average Bonchev–Trinajstić information content (AvgIpc) is 2.76. The lowest BCUT2D eigenvalue weighted by Gasteiger charge is -2.14. The molecule has 0 spiro atoms. The smallest absolute Gasteiger partial charge is 0.274 e. The zero-order valence-electron chi connectivity index (χ0n) is 10.1. The van der Waals surface area contributed by atoms with E-state index in [1.807, 2.05) is 0 Å². The minimum absolute atomic E-state index is 0.177. The molecule has 0 aromatic heterocycles. The van der Waals surface area contributed by atoms with Gasteiger partial charge in [-0.2, -0.15) is 0 Å². The molecule has 98 valence electrons. The molecule has 5 nitrogen and oxygen atoms in total. The molecular formula is C12H15FN2O3. The number of halogens is 1. The van der Waals surface area contributed by atoms with E-state index in [4.69, 9.17) is 4.74 Å². The van der Waals surface area contributed by atoms with Crippen LogP contribution in [0.5, 0.6) is 0 Å². The molecule has 1 aliphatic carbocycles. The standard InChI is InChI=1S/C12H15FN2O3/c1-18-12-3-2-9(7-12)14-10-4-8(13)5-11(6-10)15(16)17/h4-6,9,12,14H,2-3,7H2,1H3. The van der Waals surface area contributed by atoms with E-state index in [0.29, 0.717) is 5.69 Å². The molecule has 0 aliphatic heterocycles. The van der Waals surface area contributed by atoms with Gasteiger partial charge in [0, 0.05) is 24.9 Å². The van der Waals surface area contributed by atoms with Gasteiger partial charge < -0.3 is 10.1 Å². The fourth-order valence-corrected chi connectivity index (χ4v) is 2.28. The quantitative estimate of drug-likeness (QED) is 0.662. The van der Waals surface area contributed by atoms with E-state index in [-0.39, 0.29) is 17.8 Å². The first kappa shape index (κ1) is 12.8. The molecule has 2 unspecified atom stereocenters. The van der Waals surface area contributed by atoms with Gasteiger partial charge in [0.15, 0.2) is 0 Å².